The Hall–Kier alpha value is -3.03. The van der Waals surface area contributed by atoms with Gasteiger partial charge in [-0.05, 0) is 36.5 Å². The van der Waals surface area contributed by atoms with Crippen LogP contribution in [0.15, 0.2) is 41.6 Å². The Morgan fingerprint density at radius 2 is 2.07 bits per heavy atom. The number of hydrogen-bond donors (Lipinski definition) is 1. The quantitative estimate of drug-likeness (QED) is 0.648. The summed E-state index contributed by atoms with van der Waals surface area (Å²) in [4.78, 5) is 29.3. The van der Waals surface area contributed by atoms with Gasteiger partial charge in [-0.15, -0.1) is 0 Å². The van der Waals surface area contributed by atoms with Crippen LogP contribution in [0.2, 0.25) is 0 Å². The molecule has 4 rings (SSSR count). The fraction of sp³-hybridized carbons (Fsp3) is 0.455. The van der Waals surface area contributed by atoms with E-state index in [9.17, 15) is 14.0 Å². The number of nitrogens with one attached hydrogen (secondary N) is 1. The summed E-state index contributed by atoms with van der Waals surface area (Å²) in [5.41, 5.74) is 0.945. The number of amides is 1. The topological polar surface area (TPSA) is 81.8 Å². The molecular formula is C22H26FN5O2. The van der Waals surface area contributed by atoms with Crippen molar-refractivity contribution in [2.75, 3.05) is 6.54 Å². The van der Waals surface area contributed by atoms with E-state index >= 15 is 0 Å². The minimum absolute atomic E-state index is 0.0729. The number of aromatic nitrogens is 4. The number of carbonyl (C=O) groups excluding carboxylic acids is 1. The maximum absolute atomic E-state index is 13.4. The van der Waals surface area contributed by atoms with Gasteiger partial charge in [0.1, 0.15) is 17.5 Å². The molecule has 0 radical (unpaired) electrons. The summed E-state index contributed by atoms with van der Waals surface area (Å²) in [7, 11) is 0. The summed E-state index contributed by atoms with van der Waals surface area (Å²) < 4.78 is 16.5. The summed E-state index contributed by atoms with van der Waals surface area (Å²) in [5, 5.41) is 7.62. The molecule has 1 amide bonds. The molecule has 1 fully saturated rings. The second-order valence-corrected chi connectivity index (χ2v) is 7.97. The van der Waals surface area contributed by atoms with E-state index in [2.05, 4.69) is 15.4 Å². The number of halogens is 1. The number of rotatable bonds is 7. The Morgan fingerprint density at radius 1 is 1.23 bits per heavy atom. The van der Waals surface area contributed by atoms with Crippen molar-refractivity contribution in [2.45, 2.75) is 51.6 Å². The molecule has 2 heterocycles. The van der Waals surface area contributed by atoms with Crippen molar-refractivity contribution >= 4 is 16.9 Å². The minimum Gasteiger partial charge on any atom is -0.354 e. The molecule has 1 aliphatic rings. The Kier molecular flexibility index (Phi) is 6.21. The fourth-order valence-electron chi connectivity index (χ4n) is 4.13. The van der Waals surface area contributed by atoms with Crippen LogP contribution in [0.1, 0.15) is 44.1 Å². The van der Waals surface area contributed by atoms with E-state index in [-0.39, 0.29) is 23.8 Å². The lowest BCUT2D eigenvalue weighted by Gasteiger charge is -2.20. The Balaban J connectivity index is 1.38. The van der Waals surface area contributed by atoms with Crippen LogP contribution in [0.5, 0.6) is 0 Å². The van der Waals surface area contributed by atoms with Crippen molar-refractivity contribution in [3.05, 3.63) is 58.5 Å². The van der Waals surface area contributed by atoms with E-state index < -0.39 is 0 Å². The predicted molar refractivity (Wildman–Crippen MR) is 111 cm³/mol. The van der Waals surface area contributed by atoms with Crippen LogP contribution < -0.4 is 10.9 Å². The zero-order valence-electron chi connectivity index (χ0n) is 16.9. The second kappa shape index (κ2) is 9.19. The van der Waals surface area contributed by atoms with Gasteiger partial charge in [0.05, 0.1) is 19.3 Å². The number of nitrogens with zero attached hydrogens (tertiary/aromatic N) is 4. The molecule has 0 aliphatic heterocycles. The monoisotopic (exact) mass is 411 g/mol. The van der Waals surface area contributed by atoms with Crippen molar-refractivity contribution in [3.8, 4) is 0 Å². The highest BCUT2D eigenvalue weighted by molar-refractivity contribution is 5.76. The van der Waals surface area contributed by atoms with Gasteiger partial charge in [0.15, 0.2) is 5.65 Å². The van der Waals surface area contributed by atoms with E-state index in [1.807, 2.05) is 0 Å². The van der Waals surface area contributed by atoms with Crippen LogP contribution >= 0.6 is 0 Å². The van der Waals surface area contributed by atoms with E-state index in [1.54, 1.807) is 16.8 Å². The lowest BCUT2D eigenvalue weighted by molar-refractivity contribution is -0.122. The molecule has 1 aromatic carbocycles. The van der Waals surface area contributed by atoms with Crippen molar-refractivity contribution in [3.63, 3.8) is 0 Å². The van der Waals surface area contributed by atoms with Crippen LogP contribution in [0.4, 0.5) is 4.39 Å². The number of fused-ring (bicyclic) bond motifs is 1. The molecule has 1 N–H and O–H groups in total. The van der Waals surface area contributed by atoms with Gasteiger partial charge in [-0.3, -0.25) is 14.2 Å². The maximum atomic E-state index is 13.4. The second-order valence-electron chi connectivity index (χ2n) is 7.97. The van der Waals surface area contributed by atoms with E-state index in [1.165, 1.54) is 48.5 Å². The highest BCUT2D eigenvalue weighted by atomic mass is 19.1. The van der Waals surface area contributed by atoms with Crippen molar-refractivity contribution in [2.24, 2.45) is 5.92 Å². The van der Waals surface area contributed by atoms with E-state index in [0.717, 1.165) is 12.8 Å². The van der Waals surface area contributed by atoms with Gasteiger partial charge >= 0.3 is 0 Å². The van der Waals surface area contributed by atoms with Crippen molar-refractivity contribution in [1.29, 1.82) is 0 Å². The highest BCUT2D eigenvalue weighted by Crippen LogP contribution is 2.26. The highest BCUT2D eigenvalue weighted by Gasteiger charge is 2.17. The molecule has 0 bridgehead atoms. The van der Waals surface area contributed by atoms with E-state index in [4.69, 9.17) is 0 Å². The summed E-state index contributed by atoms with van der Waals surface area (Å²) in [5.74, 6) is 0.235. The van der Waals surface area contributed by atoms with Crippen LogP contribution in [-0.4, -0.2) is 31.8 Å². The molecular weight excluding hydrogens is 385 g/mol. The minimum atomic E-state index is -0.340. The van der Waals surface area contributed by atoms with E-state index in [0.29, 0.717) is 42.0 Å². The molecule has 158 valence electrons. The smallest absolute Gasteiger partial charge is 0.264 e. The van der Waals surface area contributed by atoms with Gasteiger partial charge in [-0.1, -0.05) is 31.4 Å². The molecule has 0 atom stereocenters. The van der Waals surface area contributed by atoms with Crippen LogP contribution in [-0.2, 0) is 17.9 Å². The van der Waals surface area contributed by atoms with Crippen molar-refractivity contribution < 1.29 is 9.18 Å². The molecule has 3 aromatic rings. The van der Waals surface area contributed by atoms with Gasteiger partial charge in [-0.25, -0.2) is 14.1 Å². The lowest BCUT2D eigenvalue weighted by Crippen LogP contribution is -2.29. The molecule has 0 unspecified atom stereocenters. The fourth-order valence-corrected chi connectivity index (χ4v) is 4.13. The molecule has 7 nitrogen and oxygen atoms in total. The number of carbonyl (C=O) groups is 1. The first kappa shape index (κ1) is 20.3. The van der Waals surface area contributed by atoms with Crippen LogP contribution in [0, 0.1) is 11.7 Å². The predicted octanol–water partition coefficient (Wildman–Crippen LogP) is 2.87. The molecule has 0 saturated heterocycles. The average Bonchev–Trinajstić information content (AvgIpc) is 3.15. The molecule has 2 aromatic heterocycles. The zero-order valence-corrected chi connectivity index (χ0v) is 16.9. The zero-order chi connectivity index (χ0) is 20.9. The first-order chi connectivity index (χ1) is 14.6. The number of hydrogen-bond acceptors (Lipinski definition) is 4. The number of benzene rings is 1. The third-order valence-corrected chi connectivity index (χ3v) is 5.71. The Morgan fingerprint density at radius 3 is 2.87 bits per heavy atom. The summed E-state index contributed by atoms with van der Waals surface area (Å²) >= 11 is 0. The third-order valence-electron chi connectivity index (χ3n) is 5.71. The maximum Gasteiger partial charge on any atom is 0.264 e. The van der Waals surface area contributed by atoms with Crippen LogP contribution in [0.25, 0.3) is 11.0 Å². The molecule has 1 aliphatic carbocycles. The van der Waals surface area contributed by atoms with Gasteiger partial charge in [0, 0.05) is 13.0 Å². The average molecular weight is 411 g/mol. The standard InChI is InChI=1S/C22H26FN5O2/c23-18-8-4-7-17(11-18)14-27-15-25-21-19(22(27)30)13-26-28(21)10-9-24-20(29)12-16-5-2-1-3-6-16/h4,7-8,11,13,15-16H,1-3,5-6,9-10,12,14H2,(H,24,29). The van der Waals surface area contributed by atoms with Gasteiger partial charge in [0.2, 0.25) is 5.91 Å². The summed E-state index contributed by atoms with van der Waals surface area (Å²) in [6, 6.07) is 6.14. The van der Waals surface area contributed by atoms with Gasteiger partial charge in [-0.2, -0.15) is 5.10 Å². The Labute approximate surface area is 173 Å². The van der Waals surface area contributed by atoms with Crippen LogP contribution in [0.3, 0.4) is 0 Å². The molecule has 30 heavy (non-hydrogen) atoms. The van der Waals surface area contributed by atoms with Gasteiger partial charge in [0.25, 0.3) is 5.56 Å². The molecule has 1 saturated carbocycles. The Bertz CT molecular complexity index is 1080. The normalized spacial score (nSPS) is 14.8. The largest absolute Gasteiger partial charge is 0.354 e. The lowest BCUT2D eigenvalue weighted by atomic mass is 9.87. The molecule has 0 spiro atoms. The summed E-state index contributed by atoms with van der Waals surface area (Å²) in [6.45, 7) is 1.12. The SMILES string of the molecule is O=C(CC1CCCCC1)NCCn1ncc2c(=O)n(Cc3cccc(F)c3)cnc21. The summed E-state index contributed by atoms with van der Waals surface area (Å²) in [6.07, 6.45) is 9.54. The van der Waals surface area contributed by atoms with Crippen molar-refractivity contribution in [1.82, 2.24) is 24.6 Å². The first-order valence-electron chi connectivity index (χ1n) is 10.5. The van der Waals surface area contributed by atoms with Gasteiger partial charge < -0.3 is 5.32 Å². The third kappa shape index (κ3) is 4.75. The molecule has 8 heteroatoms. The first-order valence-corrected chi connectivity index (χ1v) is 10.5.